The van der Waals surface area contributed by atoms with E-state index in [4.69, 9.17) is 9.47 Å². The summed E-state index contributed by atoms with van der Waals surface area (Å²) in [7, 11) is 4.64. The summed E-state index contributed by atoms with van der Waals surface area (Å²) in [4.78, 5) is 39.3. The first-order valence-electron chi connectivity index (χ1n) is 10.7. The minimum absolute atomic E-state index is 0.00292. The Balaban J connectivity index is 2.03. The molecule has 0 fully saturated rings. The van der Waals surface area contributed by atoms with E-state index in [-0.39, 0.29) is 11.2 Å². The number of rotatable bonds is 4. The topological polar surface area (TPSA) is 91.6 Å². The molecule has 1 aliphatic carbocycles. The number of carbonyl (C=O) groups is 1. The van der Waals surface area contributed by atoms with Crippen molar-refractivity contribution in [2.24, 2.45) is 19.5 Å². The summed E-state index contributed by atoms with van der Waals surface area (Å²) in [6.07, 6.45) is 1.03. The lowest BCUT2D eigenvalue weighted by atomic mass is 9.69. The van der Waals surface area contributed by atoms with Crippen molar-refractivity contribution >= 4 is 11.6 Å². The maximum atomic E-state index is 13.4. The van der Waals surface area contributed by atoms with E-state index in [9.17, 15) is 14.4 Å². The molecule has 2 aromatic rings. The predicted molar refractivity (Wildman–Crippen MR) is 122 cm³/mol. The molecule has 0 saturated heterocycles. The van der Waals surface area contributed by atoms with Crippen LogP contribution in [0.4, 0.5) is 5.82 Å². The molecular formula is C24H29N3O5. The predicted octanol–water partition coefficient (Wildman–Crippen LogP) is 2.69. The number of hydrogen-bond donors (Lipinski definition) is 1. The van der Waals surface area contributed by atoms with Crippen molar-refractivity contribution < 1.29 is 14.3 Å². The second-order valence-corrected chi connectivity index (χ2v) is 9.20. The van der Waals surface area contributed by atoms with Gasteiger partial charge in [0.05, 0.1) is 19.3 Å². The van der Waals surface area contributed by atoms with E-state index in [0.29, 0.717) is 47.9 Å². The smallest absolute Gasteiger partial charge is 0.332 e. The molecule has 4 rings (SSSR count). The van der Waals surface area contributed by atoms with Crippen molar-refractivity contribution in [2.75, 3.05) is 19.0 Å². The molecule has 0 saturated carbocycles. The summed E-state index contributed by atoms with van der Waals surface area (Å²) < 4.78 is 13.7. The molecule has 32 heavy (non-hydrogen) atoms. The lowest BCUT2D eigenvalue weighted by Gasteiger charge is -2.39. The van der Waals surface area contributed by atoms with Gasteiger partial charge in [-0.2, -0.15) is 0 Å². The Bertz CT molecular complexity index is 1270. The molecule has 1 aliphatic heterocycles. The average molecular weight is 440 g/mol. The average Bonchev–Trinajstić information content (AvgIpc) is 2.74. The standard InChI is InChI=1S/C24H29N3O5/c1-7-32-16-9-8-13(10-17(16)31-6)18-19-14(11-24(2,3)12-15(19)28)25-21-20(18)22(29)27(5)23(30)26(21)4/h8-10,18,25H,7,11-12H2,1-6H3. The quantitative estimate of drug-likeness (QED) is 0.788. The molecule has 0 radical (unpaired) electrons. The van der Waals surface area contributed by atoms with Crippen LogP contribution in [0, 0.1) is 5.41 Å². The van der Waals surface area contributed by atoms with Gasteiger partial charge < -0.3 is 14.8 Å². The summed E-state index contributed by atoms with van der Waals surface area (Å²) in [6.45, 7) is 6.46. The molecule has 0 amide bonds. The molecule has 0 bridgehead atoms. The van der Waals surface area contributed by atoms with Gasteiger partial charge in [-0.15, -0.1) is 0 Å². The summed E-state index contributed by atoms with van der Waals surface area (Å²) in [5.74, 6) is 0.937. The number of benzene rings is 1. The number of Topliss-reactive ketones (excluding diaryl/α,β-unsaturated/α-hetero) is 1. The highest BCUT2D eigenvalue weighted by molar-refractivity contribution is 6.01. The van der Waals surface area contributed by atoms with Gasteiger partial charge in [-0.3, -0.25) is 18.7 Å². The van der Waals surface area contributed by atoms with Crippen LogP contribution < -0.4 is 26.0 Å². The highest BCUT2D eigenvalue weighted by atomic mass is 16.5. The monoisotopic (exact) mass is 439 g/mol. The number of carbonyl (C=O) groups excluding carboxylic acids is 1. The lowest BCUT2D eigenvalue weighted by Crippen LogP contribution is -2.45. The van der Waals surface area contributed by atoms with Crippen LogP contribution in [0.3, 0.4) is 0 Å². The lowest BCUT2D eigenvalue weighted by molar-refractivity contribution is -0.118. The third kappa shape index (κ3) is 3.34. The largest absolute Gasteiger partial charge is 0.493 e. The van der Waals surface area contributed by atoms with E-state index in [1.807, 2.05) is 32.9 Å². The second-order valence-electron chi connectivity index (χ2n) is 9.20. The first-order valence-corrected chi connectivity index (χ1v) is 10.7. The Morgan fingerprint density at radius 2 is 1.81 bits per heavy atom. The minimum atomic E-state index is -0.611. The first kappa shape index (κ1) is 21.9. The van der Waals surface area contributed by atoms with E-state index in [2.05, 4.69) is 5.32 Å². The number of anilines is 1. The van der Waals surface area contributed by atoms with Gasteiger partial charge in [-0.25, -0.2) is 4.79 Å². The van der Waals surface area contributed by atoms with Gasteiger partial charge in [-0.05, 0) is 36.5 Å². The van der Waals surface area contributed by atoms with Crippen LogP contribution in [0.15, 0.2) is 39.1 Å². The van der Waals surface area contributed by atoms with Gasteiger partial charge in [0.15, 0.2) is 17.3 Å². The Kier molecular flexibility index (Phi) is 5.27. The van der Waals surface area contributed by atoms with Crippen LogP contribution in [0.2, 0.25) is 0 Å². The maximum absolute atomic E-state index is 13.4. The fourth-order valence-corrected chi connectivity index (χ4v) is 4.82. The van der Waals surface area contributed by atoms with Gasteiger partial charge >= 0.3 is 5.69 Å². The zero-order valence-electron chi connectivity index (χ0n) is 19.4. The van der Waals surface area contributed by atoms with E-state index in [1.54, 1.807) is 20.2 Å². The molecule has 1 atom stereocenters. The molecule has 1 N–H and O–H groups in total. The van der Waals surface area contributed by atoms with E-state index in [1.165, 1.54) is 11.6 Å². The van der Waals surface area contributed by atoms with Crippen molar-refractivity contribution in [3.8, 4) is 11.5 Å². The van der Waals surface area contributed by atoms with Gasteiger partial charge in [-0.1, -0.05) is 19.9 Å². The molecule has 8 heteroatoms. The zero-order chi connectivity index (χ0) is 23.4. The number of aromatic nitrogens is 2. The number of nitrogens with one attached hydrogen (secondary N) is 1. The zero-order valence-corrected chi connectivity index (χ0v) is 19.4. The highest BCUT2D eigenvalue weighted by Gasteiger charge is 2.43. The normalized spacial score (nSPS) is 19.2. The summed E-state index contributed by atoms with van der Waals surface area (Å²) in [5, 5.41) is 3.27. The van der Waals surface area contributed by atoms with Crippen molar-refractivity contribution in [1.29, 1.82) is 0 Å². The Hall–Kier alpha value is -3.29. The summed E-state index contributed by atoms with van der Waals surface area (Å²) in [5.41, 5.74) is 1.41. The van der Waals surface area contributed by atoms with E-state index < -0.39 is 17.2 Å². The van der Waals surface area contributed by atoms with Crippen molar-refractivity contribution in [3.05, 3.63) is 61.4 Å². The van der Waals surface area contributed by atoms with Gasteiger partial charge in [0.1, 0.15) is 5.82 Å². The Morgan fingerprint density at radius 3 is 2.47 bits per heavy atom. The number of hydrogen-bond acceptors (Lipinski definition) is 6. The van der Waals surface area contributed by atoms with Crippen molar-refractivity contribution in [2.45, 2.75) is 39.5 Å². The molecular weight excluding hydrogens is 410 g/mol. The Morgan fingerprint density at radius 1 is 1.09 bits per heavy atom. The number of ketones is 1. The van der Waals surface area contributed by atoms with Crippen LogP contribution in [0.25, 0.3) is 0 Å². The van der Waals surface area contributed by atoms with Crippen LogP contribution >= 0.6 is 0 Å². The molecule has 8 nitrogen and oxygen atoms in total. The van der Waals surface area contributed by atoms with Crippen LogP contribution in [0.1, 0.15) is 50.7 Å². The van der Waals surface area contributed by atoms with Crippen molar-refractivity contribution in [3.63, 3.8) is 0 Å². The number of fused-ring (bicyclic) bond motifs is 1. The van der Waals surface area contributed by atoms with Crippen LogP contribution in [-0.2, 0) is 18.9 Å². The maximum Gasteiger partial charge on any atom is 0.332 e. The Labute approximate surface area is 186 Å². The molecule has 2 aliphatic rings. The van der Waals surface area contributed by atoms with E-state index >= 15 is 0 Å². The SMILES string of the molecule is CCOc1ccc(C2C3=C(CC(C)(C)CC3=O)Nc3c2c(=O)n(C)c(=O)n3C)cc1OC. The van der Waals surface area contributed by atoms with E-state index in [0.717, 1.165) is 15.8 Å². The third-order valence-electron chi connectivity index (χ3n) is 6.29. The van der Waals surface area contributed by atoms with Crippen molar-refractivity contribution in [1.82, 2.24) is 9.13 Å². The molecule has 2 heterocycles. The minimum Gasteiger partial charge on any atom is -0.493 e. The fourth-order valence-electron chi connectivity index (χ4n) is 4.82. The number of nitrogens with zero attached hydrogens (tertiary/aromatic N) is 2. The number of allylic oxidation sites excluding steroid dienone is 2. The van der Waals surface area contributed by atoms with Gasteiger partial charge in [0.2, 0.25) is 0 Å². The van der Waals surface area contributed by atoms with Gasteiger partial charge in [0, 0.05) is 37.7 Å². The highest BCUT2D eigenvalue weighted by Crippen LogP contribution is 2.48. The molecule has 1 aromatic heterocycles. The van der Waals surface area contributed by atoms with Crippen LogP contribution in [0.5, 0.6) is 11.5 Å². The molecule has 0 spiro atoms. The number of methoxy groups -OCH3 is 1. The first-order chi connectivity index (χ1) is 15.1. The second kappa shape index (κ2) is 7.69. The number of ether oxygens (including phenoxy) is 2. The summed E-state index contributed by atoms with van der Waals surface area (Å²) >= 11 is 0. The third-order valence-corrected chi connectivity index (χ3v) is 6.29. The molecule has 170 valence electrons. The summed E-state index contributed by atoms with van der Waals surface area (Å²) in [6, 6.07) is 5.46. The van der Waals surface area contributed by atoms with Gasteiger partial charge in [0.25, 0.3) is 5.56 Å². The molecule has 1 unspecified atom stereocenters. The fraction of sp³-hybridized carbons (Fsp3) is 0.458. The van der Waals surface area contributed by atoms with Crippen LogP contribution in [-0.4, -0.2) is 28.6 Å². The molecule has 1 aromatic carbocycles.